The molecule has 1 aliphatic rings. The number of piperidine rings is 1. The summed E-state index contributed by atoms with van der Waals surface area (Å²) in [5.41, 5.74) is 0. The third kappa shape index (κ3) is 12.1. The van der Waals surface area contributed by atoms with E-state index in [4.69, 9.17) is 4.74 Å². The highest BCUT2D eigenvalue weighted by Crippen LogP contribution is 2.19. The fraction of sp³-hybridized carbons (Fsp3) is 0.750. The fourth-order valence-corrected chi connectivity index (χ4v) is 2.25. The largest absolute Gasteiger partial charge is 0.378 e. The first-order chi connectivity index (χ1) is 11.3. The van der Waals surface area contributed by atoms with Crippen molar-refractivity contribution in [2.45, 2.75) is 79.7 Å². The minimum absolute atomic E-state index is 0.276. The summed E-state index contributed by atoms with van der Waals surface area (Å²) >= 11 is 0. The van der Waals surface area contributed by atoms with Gasteiger partial charge in [0.05, 0.1) is 12.6 Å². The van der Waals surface area contributed by atoms with E-state index in [2.05, 4.69) is 19.1 Å². The van der Waals surface area contributed by atoms with Gasteiger partial charge in [-0.15, -0.1) is 0 Å². The van der Waals surface area contributed by atoms with E-state index in [0.717, 1.165) is 32.3 Å². The predicted molar refractivity (Wildman–Crippen MR) is 102 cm³/mol. The molecule has 0 aromatic rings. The maximum Gasteiger partial charge on any atom is 0.223 e. The second kappa shape index (κ2) is 19.0. The van der Waals surface area contributed by atoms with Gasteiger partial charge in [-0.05, 0) is 26.2 Å². The minimum atomic E-state index is 0.276. The van der Waals surface area contributed by atoms with Crippen LogP contribution in [0.25, 0.3) is 0 Å². The third-order valence-corrected chi connectivity index (χ3v) is 3.31. The van der Waals surface area contributed by atoms with Crippen LogP contribution in [-0.4, -0.2) is 36.6 Å². The molecule has 1 heterocycles. The van der Waals surface area contributed by atoms with Gasteiger partial charge in [-0.25, -0.2) is 0 Å². The zero-order chi connectivity index (χ0) is 17.9. The molecule has 0 N–H and O–H groups in total. The lowest BCUT2D eigenvalue weighted by Crippen LogP contribution is -2.42. The van der Waals surface area contributed by atoms with Crippen molar-refractivity contribution >= 4 is 5.91 Å². The van der Waals surface area contributed by atoms with E-state index in [1.165, 1.54) is 0 Å². The van der Waals surface area contributed by atoms with Crippen molar-refractivity contribution in [2.75, 3.05) is 19.8 Å². The van der Waals surface area contributed by atoms with Crippen molar-refractivity contribution in [2.24, 2.45) is 0 Å². The Hall–Kier alpha value is -1.09. The number of hydrogen-bond acceptors (Lipinski definition) is 2. The monoisotopic (exact) mass is 325 g/mol. The Kier molecular flexibility index (Phi) is 19.9. The highest BCUT2D eigenvalue weighted by molar-refractivity contribution is 5.77. The first kappa shape index (κ1) is 24.2. The zero-order valence-electron chi connectivity index (χ0n) is 16.3. The average Bonchev–Trinajstić information content (AvgIpc) is 2.60. The topological polar surface area (TPSA) is 29.5 Å². The van der Waals surface area contributed by atoms with Crippen LogP contribution >= 0.6 is 0 Å². The highest BCUT2D eigenvalue weighted by Gasteiger charge is 2.24. The number of likely N-dealkylation sites (tertiary alicyclic amines) is 1. The number of unbranched alkanes of at least 4 members (excludes halogenated alkanes) is 1. The van der Waals surface area contributed by atoms with E-state index in [0.29, 0.717) is 19.6 Å². The third-order valence-electron chi connectivity index (χ3n) is 3.31. The molecule has 1 fully saturated rings. The molecular formula is C20H39NO2. The molecule has 1 amide bonds. The van der Waals surface area contributed by atoms with E-state index < -0.39 is 0 Å². The highest BCUT2D eigenvalue weighted by atomic mass is 16.5. The van der Waals surface area contributed by atoms with Crippen LogP contribution < -0.4 is 0 Å². The molecule has 136 valence electrons. The lowest BCUT2D eigenvalue weighted by molar-refractivity contribution is -0.134. The molecule has 0 aromatic carbocycles. The first-order valence-corrected chi connectivity index (χ1v) is 9.48. The van der Waals surface area contributed by atoms with E-state index in [9.17, 15) is 4.79 Å². The van der Waals surface area contributed by atoms with Crippen LogP contribution in [0.1, 0.15) is 73.6 Å². The molecule has 1 rings (SSSR count). The van der Waals surface area contributed by atoms with Gasteiger partial charge in [0.15, 0.2) is 0 Å². The Morgan fingerprint density at radius 1 is 1.13 bits per heavy atom. The van der Waals surface area contributed by atoms with Crippen molar-refractivity contribution in [3.05, 3.63) is 24.3 Å². The SMILES string of the molecule is CC.CC.CCCC=C[C@H]1CCCC(=O)N1CC=CCOCC. The summed E-state index contributed by atoms with van der Waals surface area (Å²) in [5.74, 6) is 0.276. The molecule has 0 radical (unpaired) electrons. The number of hydrogen-bond donors (Lipinski definition) is 0. The van der Waals surface area contributed by atoms with Gasteiger partial charge in [-0.1, -0.05) is 65.3 Å². The quantitative estimate of drug-likeness (QED) is 0.443. The van der Waals surface area contributed by atoms with Crippen LogP contribution in [0.4, 0.5) is 0 Å². The molecule has 1 aliphatic heterocycles. The van der Waals surface area contributed by atoms with E-state index in [-0.39, 0.29) is 11.9 Å². The van der Waals surface area contributed by atoms with Crippen molar-refractivity contribution in [1.29, 1.82) is 0 Å². The van der Waals surface area contributed by atoms with Gasteiger partial charge in [0.2, 0.25) is 5.91 Å². The molecule has 1 saturated heterocycles. The van der Waals surface area contributed by atoms with Crippen LogP contribution in [0, 0.1) is 0 Å². The second-order valence-electron chi connectivity index (χ2n) is 4.85. The number of carbonyl (C=O) groups excluding carboxylic acids is 1. The number of rotatable bonds is 8. The molecule has 23 heavy (non-hydrogen) atoms. The summed E-state index contributed by atoms with van der Waals surface area (Å²) in [7, 11) is 0. The van der Waals surface area contributed by atoms with Gasteiger partial charge < -0.3 is 9.64 Å². The van der Waals surface area contributed by atoms with Gasteiger partial charge in [0.1, 0.15) is 0 Å². The van der Waals surface area contributed by atoms with Gasteiger partial charge >= 0.3 is 0 Å². The lowest BCUT2D eigenvalue weighted by atomic mass is 10.0. The van der Waals surface area contributed by atoms with Crippen molar-refractivity contribution in [3.8, 4) is 0 Å². The molecule has 1 atom stereocenters. The minimum Gasteiger partial charge on any atom is -0.378 e. The smallest absolute Gasteiger partial charge is 0.223 e. The Morgan fingerprint density at radius 3 is 2.43 bits per heavy atom. The molecule has 0 aliphatic carbocycles. The van der Waals surface area contributed by atoms with Crippen LogP contribution in [0.5, 0.6) is 0 Å². The molecule has 0 aromatic heterocycles. The molecule has 3 heteroatoms. The first-order valence-electron chi connectivity index (χ1n) is 9.48. The van der Waals surface area contributed by atoms with Crippen LogP contribution in [-0.2, 0) is 9.53 Å². The van der Waals surface area contributed by atoms with Crippen LogP contribution in [0.3, 0.4) is 0 Å². The number of carbonyl (C=O) groups is 1. The van der Waals surface area contributed by atoms with Gasteiger partial charge in [0.25, 0.3) is 0 Å². The molecule has 3 nitrogen and oxygen atoms in total. The van der Waals surface area contributed by atoms with E-state index in [1.54, 1.807) is 0 Å². The molecule has 0 unspecified atom stereocenters. The van der Waals surface area contributed by atoms with Crippen LogP contribution in [0.15, 0.2) is 24.3 Å². The normalized spacial score (nSPS) is 17.7. The number of amides is 1. The van der Waals surface area contributed by atoms with Gasteiger partial charge in [0, 0.05) is 19.6 Å². The van der Waals surface area contributed by atoms with E-state index in [1.807, 2.05) is 51.7 Å². The Morgan fingerprint density at radius 2 is 1.83 bits per heavy atom. The average molecular weight is 326 g/mol. The maximum atomic E-state index is 12.0. The second-order valence-corrected chi connectivity index (χ2v) is 4.85. The van der Waals surface area contributed by atoms with Crippen LogP contribution in [0.2, 0.25) is 0 Å². The van der Waals surface area contributed by atoms with Crippen molar-refractivity contribution in [3.63, 3.8) is 0 Å². The number of nitrogens with zero attached hydrogens (tertiary/aromatic N) is 1. The summed E-state index contributed by atoms with van der Waals surface area (Å²) in [5, 5.41) is 0. The molecular weight excluding hydrogens is 286 g/mol. The van der Waals surface area contributed by atoms with Gasteiger partial charge in [-0.2, -0.15) is 0 Å². The molecule has 0 saturated carbocycles. The summed E-state index contributed by atoms with van der Waals surface area (Å²) < 4.78 is 5.25. The summed E-state index contributed by atoms with van der Waals surface area (Å²) in [6.07, 6.45) is 13.5. The Bertz CT molecular complexity index is 311. The van der Waals surface area contributed by atoms with Crippen molar-refractivity contribution < 1.29 is 9.53 Å². The number of ether oxygens (including phenoxy) is 1. The summed E-state index contributed by atoms with van der Waals surface area (Å²) in [4.78, 5) is 14.0. The lowest BCUT2D eigenvalue weighted by Gasteiger charge is -2.33. The Labute approximate surface area is 144 Å². The standard InChI is InChI=1S/C16H27NO2.2C2H6/c1-3-5-6-10-15-11-9-12-16(18)17(15)13-7-8-14-19-4-2;2*1-2/h6-8,10,15H,3-5,9,11-14H2,1-2H3;2*1-2H3/t15-;;/m0../s1. The summed E-state index contributed by atoms with van der Waals surface area (Å²) in [6.45, 7) is 14.2. The Balaban J connectivity index is 0. The summed E-state index contributed by atoms with van der Waals surface area (Å²) in [6, 6.07) is 0.282. The number of allylic oxidation sites excluding steroid dienone is 1. The molecule has 0 bridgehead atoms. The fourth-order valence-electron chi connectivity index (χ4n) is 2.25. The van der Waals surface area contributed by atoms with Gasteiger partial charge in [-0.3, -0.25) is 4.79 Å². The van der Waals surface area contributed by atoms with Crippen molar-refractivity contribution in [1.82, 2.24) is 4.90 Å². The maximum absolute atomic E-state index is 12.0. The zero-order valence-corrected chi connectivity index (χ0v) is 16.3. The predicted octanol–water partition coefficient (Wildman–Crippen LogP) is 5.37. The van der Waals surface area contributed by atoms with E-state index >= 15 is 0 Å². The molecule has 0 spiro atoms.